The van der Waals surface area contributed by atoms with Crippen LogP contribution in [-0.4, -0.2) is 42.1 Å². The second-order valence-corrected chi connectivity index (χ2v) is 9.55. The normalized spacial score (nSPS) is 12.5. The fraction of sp³-hybridized carbons (Fsp3) is 0.241. The molecule has 0 aliphatic rings. The maximum Gasteiger partial charge on any atom is 1.00 e. The zero-order valence-corrected chi connectivity index (χ0v) is 22.3. The molecule has 1 amide bonds. The van der Waals surface area contributed by atoms with Crippen molar-refractivity contribution in [3.05, 3.63) is 95.2 Å². The third-order valence-electron chi connectivity index (χ3n) is 6.18. The Balaban J connectivity index is 0.00000380. The van der Waals surface area contributed by atoms with Gasteiger partial charge in [-0.2, -0.15) is 11.8 Å². The number of thioether (sulfide) groups is 1. The van der Waals surface area contributed by atoms with Crippen LogP contribution in [0.5, 0.6) is 0 Å². The molecule has 2 N–H and O–H groups in total. The molecule has 2 unspecified atom stereocenters. The van der Waals surface area contributed by atoms with Crippen LogP contribution in [0.4, 0.5) is 0 Å². The van der Waals surface area contributed by atoms with E-state index in [1.807, 2.05) is 79.9 Å². The summed E-state index contributed by atoms with van der Waals surface area (Å²) in [5, 5.41) is 13.3. The third-order valence-corrected chi connectivity index (χ3v) is 6.82. The molecule has 0 radical (unpaired) electrons. The number of aliphatic carboxylic acids is 1. The number of ether oxygens (including phenoxy) is 1. The zero-order valence-electron chi connectivity index (χ0n) is 21.5. The Bertz CT molecular complexity index is 1350. The molecule has 1 aromatic heterocycles. The summed E-state index contributed by atoms with van der Waals surface area (Å²) >= 11 is 1.54. The van der Waals surface area contributed by atoms with E-state index in [2.05, 4.69) is 5.32 Å². The number of hydrogen-bond donors (Lipinski definition) is 2. The van der Waals surface area contributed by atoms with E-state index in [9.17, 15) is 14.7 Å². The van der Waals surface area contributed by atoms with Crippen LogP contribution >= 0.6 is 11.8 Å². The number of amides is 1. The van der Waals surface area contributed by atoms with E-state index in [0.717, 1.165) is 27.7 Å². The molecule has 4 rings (SSSR count). The first kappa shape index (κ1) is 28.6. The number of carboxylic acids is 1. The van der Waals surface area contributed by atoms with E-state index >= 15 is 0 Å². The molecule has 0 saturated heterocycles. The minimum absolute atomic E-state index is 0. The molecular weight excluding hydrogens is 481 g/mol. The van der Waals surface area contributed by atoms with Gasteiger partial charge in [0, 0.05) is 18.1 Å². The Morgan fingerprint density at radius 3 is 2.43 bits per heavy atom. The van der Waals surface area contributed by atoms with Crippen LogP contribution in [-0.2, 0) is 9.53 Å². The van der Waals surface area contributed by atoms with E-state index < -0.39 is 24.0 Å². The predicted molar refractivity (Wildman–Crippen MR) is 144 cm³/mol. The summed E-state index contributed by atoms with van der Waals surface area (Å²) in [4.78, 5) is 25.1. The summed E-state index contributed by atoms with van der Waals surface area (Å²) in [6.07, 6.45) is 1.77. The van der Waals surface area contributed by atoms with Crippen molar-refractivity contribution in [2.45, 2.75) is 25.5 Å². The zero-order chi connectivity index (χ0) is 25.7. The number of carbonyl (C=O) groups is 2. The Kier molecular flexibility index (Phi) is 10.1. The van der Waals surface area contributed by atoms with Crippen molar-refractivity contribution in [1.29, 1.82) is 0 Å². The molecule has 8 heteroatoms. The Labute approximate surface area is 233 Å². The molecule has 0 fully saturated rings. The van der Waals surface area contributed by atoms with Crippen molar-refractivity contribution >= 4 is 34.6 Å². The van der Waals surface area contributed by atoms with Crippen molar-refractivity contribution < 1.29 is 42.7 Å². The van der Waals surface area contributed by atoms with Crippen molar-refractivity contribution in [3.8, 4) is 11.1 Å². The number of carboxylic acid groups (broad SMARTS) is 1. The number of nitrogens with one attached hydrogen (secondary N) is 1. The van der Waals surface area contributed by atoms with E-state index in [4.69, 9.17) is 9.15 Å². The van der Waals surface area contributed by atoms with Gasteiger partial charge in [-0.25, -0.2) is 4.79 Å². The number of rotatable bonds is 10. The summed E-state index contributed by atoms with van der Waals surface area (Å²) in [7, 11) is 1.62. The van der Waals surface area contributed by atoms with Crippen LogP contribution in [0.25, 0.3) is 22.1 Å². The van der Waals surface area contributed by atoms with Crippen molar-refractivity contribution in [3.63, 3.8) is 0 Å². The molecule has 0 bridgehead atoms. The van der Waals surface area contributed by atoms with E-state index in [1.165, 1.54) is 0 Å². The first-order valence-corrected chi connectivity index (χ1v) is 13.1. The summed E-state index contributed by atoms with van der Waals surface area (Å²) in [5.74, 6) is -0.176. The second kappa shape index (κ2) is 13.0. The topological polar surface area (TPSA) is 88.8 Å². The summed E-state index contributed by atoms with van der Waals surface area (Å²) in [5.41, 5.74) is 4.59. The fourth-order valence-corrected chi connectivity index (χ4v) is 4.77. The smallest absolute Gasteiger partial charge is 0.480 e. The fourth-order valence-electron chi connectivity index (χ4n) is 4.30. The molecule has 6 nitrogen and oxygen atoms in total. The summed E-state index contributed by atoms with van der Waals surface area (Å²) in [6, 6.07) is 22.1. The minimum atomic E-state index is -1.05. The van der Waals surface area contributed by atoms with Gasteiger partial charge in [0.2, 0.25) is 0 Å². The molecule has 1 heterocycles. The van der Waals surface area contributed by atoms with Crippen LogP contribution < -0.4 is 24.2 Å². The average Bonchev–Trinajstić information content (AvgIpc) is 3.30. The van der Waals surface area contributed by atoms with E-state index in [-0.39, 0.29) is 18.9 Å². The molecule has 0 aliphatic carbocycles. The maximum absolute atomic E-state index is 13.3. The molecule has 4 aromatic rings. The van der Waals surface area contributed by atoms with Crippen molar-refractivity contribution in [1.82, 2.24) is 5.32 Å². The summed E-state index contributed by atoms with van der Waals surface area (Å²) < 4.78 is 11.9. The van der Waals surface area contributed by atoms with E-state index in [0.29, 0.717) is 29.1 Å². The quantitative estimate of drug-likeness (QED) is 0.319. The Hall–Kier alpha value is -2.95. The van der Waals surface area contributed by atoms with Crippen LogP contribution in [0.15, 0.2) is 77.2 Å². The van der Waals surface area contributed by atoms with Gasteiger partial charge in [-0.05, 0) is 71.9 Å². The van der Waals surface area contributed by atoms with Crippen LogP contribution in [0.1, 0.15) is 39.8 Å². The maximum atomic E-state index is 13.3. The molecule has 0 spiro atoms. The number of fused-ring (bicyclic) bond motifs is 1. The van der Waals surface area contributed by atoms with Gasteiger partial charge >= 0.3 is 24.8 Å². The number of aryl methyl sites for hydroxylation is 1. The standard InChI is InChI=1S/C29H29NO5S.Li/c1-18-8-4-6-10-21(18)23-16-20(27(34-2)26-17-19-9-5-7-11-25(19)35-26)12-13-22(23)28(31)30-24(29(32)33)14-15-36-3;/h4-13,16-17,24,27H,14-15H2,1-3H3,(H,30,31)(H,32,33);/q;+1. The molecule has 2 atom stereocenters. The molecule has 37 heavy (non-hydrogen) atoms. The predicted octanol–water partition coefficient (Wildman–Crippen LogP) is 3.08. The third kappa shape index (κ3) is 6.49. The van der Waals surface area contributed by atoms with Crippen molar-refractivity contribution in [2.24, 2.45) is 0 Å². The first-order valence-electron chi connectivity index (χ1n) is 11.7. The van der Waals surface area contributed by atoms with Gasteiger partial charge in [0.15, 0.2) is 0 Å². The monoisotopic (exact) mass is 510 g/mol. The number of methoxy groups -OCH3 is 1. The first-order chi connectivity index (χ1) is 17.4. The Morgan fingerprint density at radius 2 is 1.76 bits per heavy atom. The largest absolute Gasteiger partial charge is 1.00 e. The molecular formula is C29H29LiNO5S+. The van der Waals surface area contributed by atoms with Gasteiger partial charge in [0.25, 0.3) is 5.91 Å². The van der Waals surface area contributed by atoms with Gasteiger partial charge < -0.3 is 19.6 Å². The van der Waals surface area contributed by atoms with Crippen LogP contribution in [0.3, 0.4) is 0 Å². The van der Waals surface area contributed by atoms with Crippen LogP contribution in [0.2, 0.25) is 0 Å². The minimum Gasteiger partial charge on any atom is -0.480 e. The molecule has 0 aliphatic heterocycles. The van der Waals surface area contributed by atoms with Crippen molar-refractivity contribution in [2.75, 3.05) is 19.1 Å². The average molecular weight is 511 g/mol. The second-order valence-electron chi connectivity index (χ2n) is 8.57. The van der Waals surface area contributed by atoms with Gasteiger partial charge in [0.05, 0.1) is 0 Å². The molecule has 0 saturated carbocycles. The number of hydrogen-bond acceptors (Lipinski definition) is 5. The number of carbonyl (C=O) groups excluding carboxylic acids is 1. The summed E-state index contributed by atoms with van der Waals surface area (Å²) in [6.45, 7) is 1.98. The molecule has 3 aromatic carbocycles. The van der Waals surface area contributed by atoms with Crippen LogP contribution in [0, 0.1) is 6.92 Å². The SMILES string of the molecule is COC(c1ccc(C(=O)NC(CCSC)C(=O)O)c(-c2ccccc2C)c1)c1cc2ccccc2o1.[Li+]. The van der Waals surface area contributed by atoms with Gasteiger partial charge in [0.1, 0.15) is 23.5 Å². The van der Waals surface area contributed by atoms with Gasteiger partial charge in [-0.1, -0.05) is 48.5 Å². The molecule has 186 valence electrons. The number of benzene rings is 3. The van der Waals surface area contributed by atoms with Gasteiger partial charge in [-0.15, -0.1) is 0 Å². The number of furan rings is 1. The van der Waals surface area contributed by atoms with Gasteiger partial charge in [-0.3, -0.25) is 4.79 Å². The van der Waals surface area contributed by atoms with E-state index in [1.54, 1.807) is 24.9 Å². The Morgan fingerprint density at radius 1 is 1.03 bits per heavy atom. The number of para-hydroxylation sites is 1.